The number of rotatable bonds is 6. The number of hydrogen-bond acceptors (Lipinski definition) is 5. The van der Waals surface area contributed by atoms with E-state index in [4.69, 9.17) is 5.11 Å². The summed E-state index contributed by atoms with van der Waals surface area (Å²) in [6, 6.07) is 19.5. The molecule has 2 aromatic heterocycles. The Morgan fingerprint density at radius 2 is 1.79 bits per heavy atom. The Balaban J connectivity index is 1.42. The lowest BCUT2D eigenvalue weighted by Crippen LogP contribution is -2.24. The molecule has 0 saturated carbocycles. The second kappa shape index (κ2) is 7.92. The number of nitrogens with one attached hydrogen (secondary N) is 1. The third-order valence-electron chi connectivity index (χ3n) is 4.18. The summed E-state index contributed by atoms with van der Waals surface area (Å²) in [5.74, 6) is -1.08. The van der Waals surface area contributed by atoms with Gasteiger partial charge in [-0.1, -0.05) is 36.4 Å². The first-order chi connectivity index (χ1) is 13.6. The number of aromatic nitrogens is 1. The molecule has 0 fully saturated rings. The van der Waals surface area contributed by atoms with Gasteiger partial charge in [0.05, 0.1) is 23.2 Å². The standard InChI is InChI=1S/C21H16N2O3S2/c24-19(22-12-15-7-9-17(27-15)21(25)26)11-20-23-16-8-6-14(10-18(16)28-20)13-4-2-1-3-5-13/h1-10H,11-12H2,(H,22,24)(H,25,26). The predicted octanol–water partition coefficient (Wildman–Crippen LogP) is 4.58. The summed E-state index contributed by atoms with van der Waals surface area (Å²) in [5, 5.41) is 12.5. The summed E-state index contributed by atoms with van der Waals surface area (Å²) in [5.41, 5.74) is 3.16. The Labute approximate surface area is 169 Å². The van der Waals surface area contributed by atoms with Gasteiger partial charge in [-0.25, -0.2) is 9.78 Å². The monoisotopic (exact) mass is 408 g/mol. The average molecular weight is 409 g/mol. The molecule has 28 heavy (non-hydrogen) atoms. The Morgan fingerprint density at radius 3 is 2.54 bits per heavy atom. The SMILES string of the molecule is O=C(Cc1nc2ccc(-c3ccccc3)cc2s1)NCc1ccc(C(=O)O)s1. The largest absolute Gasteiger partial charge is 0.477 e. The van der Waals surface area contributed by atoms with Gasteiger partial charge in [0.15, 0.2) is 0 Å². The highest BCUT2D eigenvalue weighted by Gasteiger charge is 2.11. The maximum atomic E-state index is 12.2. The van der Waals surface area contributed by atoms with Crippen LogP contribution < -0.4 is 5.32 Å². The number of carbonyl (C=O) groups is 2. The fourth-order valence-electron chi connectivity index (χ4n) is 2.83. The van der Waals surface area contributed by atoms with Gasteiger partial charge < -0.3 is 10.4 Å². The molecule has 0 spiro atoms. The van der Waals surface area contributed by atoms with E-state index in [2.05, 4.69) is 28.5 Å². The summed E-state index contributed by atoms with van der Waals surface area (Å²) < 4.78 is 1.05. The van der Waals surface area contributed by atoms with Crippen LogP contribution in [0.4, 0.5) is 0 Å². The molecule has 2 heterocycles. The lowest BCUT2D eigenvalue weighted by atomic mass is 10.1. The molecule has 4 aromatic rings. The number of benzene rings is 2. The van der Waals surface area contributed by atoms with Crippen molar-refractivity contribution in [3.8, 4) is 11.1 Å². The zero-order valence-electron chi connectivity index (χ0n) is 14.7. The van der Waals surface area contributed by atoms with Crippen LogP contribution in [0, 0.1) is 0 Å². The van der Waals surface area contributed by atoms with Crippen molar-refractivity contribution in [2.24, 2.45) is 0 Å². The van der Waals surface area contributed by atoms with Gasteiger partial charge in [0.2, 0.25) is 5.91 Å². The molecule has 0 aliphatic carbocycles. The van der Waals surface area contributed by atoms with E-state index in [1.165, 1.54) is 22.7 Å². The van der Waals surface area contributed by atoms with E-state index < -0.39 is 5.97 Å². The van der Waals surface area contributed by atoms with Gasteiger partial charge in [-0.05, 0) is 35.4 Å². The molecule has 4 rings (SSSR count). The third kappa shape index (κ3) is 4.11. The molecule has 1 amide bonds. The molecule has 2 N–H and O–H groups in total. The zero-order valence-corrected chi connectivity index (χ0v) is 16.3. The molecule has 2 aromatic carbocycles. The van der Waals surface area contributed by atoms with Gasteiger partial charge in [0.25, 0.3) is 0 Å². The first-order valence-corrected chi connectivity index (χ1v) is 10.3. The van der Waals surface area contributed by atoms with E-state index in [1.54, 1.807) is 12.1 Å². The van der Waals surface area contributed by atoms with Crippen molar-refractivity contribution in [2.45, 2.75) is 13.0 Å². The van der Waals surface area contributed by atoms with Crippen LogP contribution in [-0.4, -0.2) is 22.0 Å². The van der Waals surface area contributed by atoms with Gasteiger partial charge in [-0.2, -0.15) is 0 Å². The minimum absolute atomic E-state index is 0.132. The van der Waals surface area contributed by atoms with Crippen molar-refractivity contribution in [1.82, 2.24) is 10.3 Å². The number of hydrogen-bond donors (Lipinski definition) is 2. The Hall–Kier alpha value is -3.03. The molecule has 0 bridgehead atoms. The number of thiazole rings is 1. The molecule has 5 nitrogen and oxygen atoms in total. The number of fused-ring (bicyclic) bond motifs is 1. The van der Waals surface area contributed by atoms with Gasteiger partial charge in [-0.15, -0.1) is 22.7 Å². The lowest BCUT2D eigenvalue weighted by Gasteiger charge is -2.01. The Kier molecular flexibility index (Phi) is 5.18. The molecular formula is C21H16N2O3S2. The number of aromatic carboxylic acids is 1. The Bertz CT molecular complexity index is 1150. The smallest absolute Gasteiger partial charge is 0.345 e. The molecule has 140 valence electrons. The summed E-state index contributed by atoms with van der Waals surface area (Å²) in [4.78, 5) is 28.8. The fourth-order valence-corrected chi connectivity index (χ4v) is 4.62. The van der Waals surface area contributed by atoms with Crippen LogP contribution in [0.5, 0.6) is 0 Å². The fraction of sp³-hybridized carbons (Fsp3) is 0.0952. The number of amides is 1. The molecule has 0 saturated heterocycles. The van der Waals surface area contributed by atoms with Crippen LogP contribution in [0.15, 0.2) is 60.7 Å². The van der Waals surface area contributed by atoms with Crippen molar-refractivity contribution in [3.63, 3.8) is 0 Å². The first-order valence-electron chi connectivity index (χ1n) is 8.62. The third-order valence-corrected chi connectivity index (χ3v) is 6.28. The summed E-state index contributed by atoms with van der Waals surface area (Å²) in [7, 11) is 0. The lowest BCUT2D eigenvalue weighted by molar-refractivity contribution is -0.120. The van der Waals surface area contributed by atoms with Gasteiger partial charge in [0, 0.05) is 4.88 Å². The molecule has 0 radical (unpaired) electrons. The van der Waals surface area contributed by atoms with Gasteiger partial charge in [-0.3, -0.25) is 4.79 Å². The molecular weight excluding hydrogens is 392 g/mol. The van der Waals surface area contributed by atoms with Crippen molar-refractivity contribution in [2.75, 3.05) is 0 Å². The number of carbonyl (C=O) groups excluding carboxylic acids is 1. The second-order valence-electron chi connectivity index (χ2n) is 6.18. The molecule has 0 aliphatic rings. The molecule has 7 heteroatoms. The van der Waals surface area contributed by atoms with E-state index in [-0.39, 0.29) is 17.2 Å². The van der Waals surface area contributed by atoms with E-state index in [0.717, 1.165) is 31.2 Å². The number of carboxylic acid groups (broad SMARTS) is 1. The van der Waals surface area contributed by atoms with Crippen LogP contribution in [0.25, 0.3) is 21.3 Å². The minimum Gasteiger partial charge on any atom is -0.477 e. The quantitative estimate of drug-likeness (QED) is 0.489. The summed E-state index contributed by atoms with van der Waals surface area (Å²) in [6.45, 7) is 0.319. The highest BCUT2D eigenvalue weighted by atomic mass is 32.1. The molecule has 0 aliphatic heterocycles. The molecule has 0 unspecified atom stereocenters. The van der Waals surface area contributed by atoms with Gasteiger partial charge >= 0.3 is 5.97 Å². The molecule has 0 atom stereocenters. The van der Waals surface area contributed by atoms with E-state index in [0.29, 0.717) is 6.54 Å². The van der Waals surface area contributed by atoms with Crippen LogP contribution in [-0.2, 0) is 17.8 Å². The predicted molar refractivity (Wildman–Crippen MR) is 112 cm³/mol. The average Bonchev–Trinajstić information content (AvgIpc) is 3.33. The van der Waals surface area contributed by atoms with E-state index in [9.17, 15) is 9.59 Å². The normalized spacial score (nSPS) is 10.9. The van der Waals surface area contributed by atoms with Crippen LogP contribution in [0.1, 0.15) is 19.6 Å². The van der Waals surface area contributed by atoms with Crippen molar-refractivity contribution < 1.29 is 14.7 Å². The number of nitrogens with zero attached hydrogens (tertiary/aromatic N) is 1. The summed E-state index contributed by atoms with van der Waals surface area (Å²) in [6.07, 6.45) is 0.206. The topological polar surface area (TPSA) is 79.3 Å². The van der Waals surface area contributed by atoms with Crippen molar-refractivity contribution >= 4 is 44.8 Å². The zero-order chi connectivity index (χ0) is 19.5. The highest BCUT2D eigenvalue weighted by molar-refractivity contribution is 7.18. The first kappa shape index (κ1) is 18.3. The van der Waals surface area contributed by atoms with E-state index >= 15 is 0 Å². The van der Waals surface area contributed by atoms with Crippen LogP contribution >= 0.6 is 22.7 Å². The maximum Gasteiger partial charge on any atom is 0.345 e. The van der Waals surface area contributed by atoms with Crippen LogP contribution in [0.3, 0.4) is 0 Å². The van der Waals surface area contributed by atoms with Gasteiger partial charge in [0.1, 0.15) is 9.88 Å². The Morgan fingerprint density at radius 1 is 0.964 bits per heavy atom. The van der Waals surface area contributed by atoms with E-state index in [1.807, 2.05) is 30.3 Å². The minimum atomic E-state index is -0.952. The van der Waals surface area contributed by atoms with Crippen LogP contribution in [0.2, 0.25) is 0 Å². The second-order valence-corrected chi connectivity index (χ2v) is 8.46. The number of thiophene rings is 1. The van der Waals surface area contributed by atoms with Crippen molar-refractivity contribution in [1.29, 1.82) is 0 Å². The number of carboxylic acids is 1. The highest BCUT2D eigenvalue weighted by Crippen LogP contribution is 2.28. The summed E-state index contributed by atoms with van der Waals surface area (Å²) >= 11 is 2.68. The maximum absolute atomic E-state index is 12.2. The van der Waals surface area contributed by atoms with Crippen molar-refractivity contribution in [3.05, 3.63) is 75.4 Å².